The Balaban J connectivity index is 1.54. The average molecular weight is 374 g/mol. The van der Waals surface area contributed by atoms with E-state index in [1.807, 2.05) is 36.9 Å². The van der Waals surface area contributed by atoms with Gasteiger partial charge in [0.1, 0.15) is 0 Å². The number of aromatic nitrogens is 1. The highest BCUT2D eigenvalue weighted by Crippen LogP contribution is 2.26. The highest BCUT2D eigenvalue weighted by atomic mass is 16.2. The van der Waals surface area contributed by atoms with Crippen molar-refractivity contribution in [3.05, 3.63) is 30.1 Å². The van der Waals surface area contributed by atoms with Gasteiger partial charge in [0.2, 0.25) is 11.8 Å². The molecule has 0 unspecified atom stereocenters. The van der Waals surface area contributed by atoms with Crippen LogP contribution in [0.3, 0.4) is 0 Å². The van der Waals surface area contributed by atoms with E-state index >= 15 is 0 Å². The number of fused-ring (bicyclic) bond motifs is 1. The summed E-state index contributed by atoms with van der Waals surface area (Å²) in [5.41, 5.74) is 1.01. The van der Waals surface area contributed by atoms with Crippen molar-refractivity contribution < 1.29 is 9.59 Å². The molecule has 27 heavy (non-hydrogen) atoms. The number of hydrogen-bond donors (Lipinski definition) is 2. The SMILES string of the molecule is CCN(CC)C(=O)CC[C@@H]1CNC(=O)[C@@H]2C[C@H](NCc3ccccn3)CN12. The van der Waals surface area contributed by atoms with Crippen molar-refractivity contribution in [2.75, 3.05) is 26.2 Å². The van der Waals surface area contributed by atoms with Gasteiger partial charge in [-0.25, -0.2) is 0 Å². The Morgan fingerprint density at radius 1 is 1.37 bits per heavy atom. The van der Waals surface area contributed by atoms with Crippen LogP contribution in [0.2, 0.25) is 0 Å². The predicted octanol–water partition coefficient (Wildman–Crippen LogP) is 0.761. The third-order valence-electron chi connectivity index (χ3n) is 5.73. The molecule has 3 heterocycles. The van der Waals surface area contributed by atoms with Gasteiger partial charge >= 0.3 is 0 Å². The van der Waals surface area contributed by atoms with Gasteiger partial charge in [-0.1, -0.05) is 6.07 Å². The Labute approximate surface area is 161 Å². The zero-order valence-electron chi connectivity index (χ0n) is 16.4. The Kier molecular flexibility index (Phi) is 6.79. The molecule has 0 spiro atoms. The summed E-state index contributed by atoms with van der Waals surface area (Å²) in [7, 11) is 0. The van der Waals surface area contributed by atoms with Crippen LogP contribution in [0.1, 0.15) is 38.8 Å². The van der Waals surface area contributed by atoms with Crippen LogP contribution in [0.15, 0.2) is 24.4 Å². The summed E-state index contributed by atoms with van der Waals surface area (Å²) in [4.78, 5) is 33.2. The zero-order chi connectivity index (χ0) is 19.2. The molecule has 2 fully saturated rings. The summed E-state index contributed by atoms with van der Waals surface area (Å²) >= 11 is 0. The van der Waals surface area contributed by atoms with Gasteiger partial charge in [-0.2, -0.15) is 0 Å². The predicted molar refractivity (Wildman–Crippen MR) is 104 cm³/mol. The second-order valence-corrected chi connectivity index (χ2v) is 7.35. The van der Waals surface area contributed by atoms with Gasteiger partial charge in [0.15, 0.2) is 0 Å². The molecule has 0 aliphatic carbocycles. The van der Waals surface area contributed by atoms with Crippen LogP contribution in [0.25, 0.3) is 0 Å². The highest BCUT2D eigenvalue weighted by Gasteiger charge is 2.43. The highest BCUT2D eigenvalue weighted by molar-refractivity contribution is 5.83. The third-order valence-corrected chi connectivity index (χ3v) is 5.73. The maximum Gasteiger partial charge on any atom is 0.237 e. The molecule has 2 aliphatic heterocycles. The van der Waals surface area contributed by atoms with E-state index in [1.54, 1.807) is 6.20 Å². The standard InChI is InChI=1S/C20H31N5O2/c1-3-24(4-2)19(26)9-8-17-13-23-20(27)18-11-16(14-25(17)18)22-12-15-7-5-6-10-21-15/h5-7,10,16-18,22H,3-4,8-9,11-14H2,1-2H3,(H,23,27)/t16-,17+,18-/m0/s1. The summed E-state index contributed by atoms with van der Waals surface area (Å²) in [6.45, 7) is 7.71. The quantitative estimate of drug-likeness (QED) is 0.704. The summed E-state index contributed by atoms with van der Waals surface area (Å²) in [5, 5.41) is 6.57. The van der Waals surface area contributed by atoms with Crippen molar-refractivity contribution in [2.24, 2.45) is 0 Å². The van der Waals surface area contributed by atoms with E-state index in [9.17, 15) is 9.59 Å². The number of amides is 2. The van der Waals surface area contributed by atoms with Gasteiger partial charge in [0.05, 0.1) is 11.7 Å². The molecule has 2 aliphatic rings. The second-order valence-electron chi connectivity index (χ2n) is 7.35. The molecule has 7 nitrogen and oxygen atoms in total. The zero-order valence-corrected chi connectivity index (χ0v) is 16.4. The van der Waals surface area contributed by atoms with Gasteiger partial charge in [-0.3, -0.25) is 19.5 Å². The molecule has 1 aromatic rings. The number of carbonyl (C=O) groups excluding carboxylic acids is 2. The molecule has 2 amide bonds. The Morgan fingerprint density at radius 2 is 2.19 bits per heavy atom. The van der Waals surface area contributed by atoms with E-state index in [1.165, 1.54) is 0 Å². The molecule has 148 valence electrons. The first kappa shape index (κ1) is 19.8. The van der Waals surface area contributed by atoms with E-state index in [2.05, 4.69) is 20.5 Å². The molecular formula is C20H31N5O2. The Hall–Kier alpha value is -1.99. The van der Waals surface area contributed by atoms with Crippen LogP contribution >= 0.6 is 0 Å². The average Bonchev–Trinajstić information content (AvgIpc) is 3.13. The molecular weight excluding hydrogens is 342 g/mol. The van der Waals surface area contributed by atoms with Crippen LogP contribution in [0.4, 0.5) is 0 Å². The lowest BCUT2D eigenvalue weighted by molar-refractivity contribution is -0.132. The number of nitrogens with one attached hydrogen (secondary N) is 2. The molecule has 0 saturated carbocycles. The second kappa shape index (κ2) is 9.28. The van der Waals surface area contributed by atoms with Gasteiger partial charge in [-0.15, -0.1) is 0 Å². The number of hydrogen-bond acceptors (Lipinski definition) is 5. The molecule has 2 N–H and O–H groups in total. The molecule has 0 aromatic carbocycles. The number of carbonyl (C=O) groups is 2. The summed E-state index contributed by atoms with van der Waals surface area (Å²) < 4.78 is 0. The normalized spacial score (nSPS) is 25.1. The third kappa shape index (κ3) is 4.84. The fourth-order valence-electron chi connectivity index (χ4n) is 4.17. The topological polar surface area (TPSA) is 77.6 Å². The minimum absolute atomic E-state index is 0.0893. The number of pyridine rings is 1. The summed E-state index contributed by atoms with van der Waals surface area (Å²) in [6.07, 6.45) is 3.93. The lowest BCUT2D eigenvalue weighted by Gasteiger charge is -2.37. The minimum Gasteiger partial charge on any atom is -0.353 e. The van der Waals surface area contributed by atoms with Crippen molar-refractivity contribution in [2.45, 2.75) is 57.8 Å². The van der Waals surface area contributed by atoms with Gasteiger partial charge in [0.25, 0.3) is 0 Å². The first-order chi connectivity index (χ1) is 13.1. The number of rotatable bonds is 8. The molecule has 0 radical (unpaired) electrons. The van der Waals surface area contributed by atoms with E-state index < -0.39 is 0 Å². The van der Waals surface area contributed by atoms with Gasteiger partial charge in [0, 0.05) is 57.4 Å². The Morgan fingerprint density at radius 3 is 2.89 bits per heavy atom. The van der Waals surface area contributed by atoms with Crippen molar-refractivity contribution >= 4 is 11.8 Å². The molecule has 1 aromatic heterocycles. The lowest BCUT2D eigenvalue weighted by Crippen LogP contribution is -2.58. The van der Waals surface area contributed by atoms with Crippen molar-refractivity contribution in [1.82, 2.24) is 25.4 Å². The van der Waals surface area contributed by atoms with E-state index in [0.717, 1.165) is 38.2 Å². The first-order valence-corrected chi connectivity index (χ1v) is 10.1. The van der Waals surface area contributed by atoms with Crippen LogP contribution in [0, 0.1) is 0 Å². The first-order valence-electron chi connectivity index (χ1n) is 10.1. The van der Waals surface area contributed by atoms with Crippen molar-refractivity contribution in [3.8, 4) is 0 Å². The lowest BCUT2D eigenvalue weighted by atomic mass is 10.0. The van der Waals surface area contributed by atoms with Crippen LogP contribution in [0.5, 0.6) is 0 Å². The van der Waals surface area contributed by atoms with E-state index in [4.69, 9.17) is 0 Å². The molecule has 3 atom stereocenters. The van der Waals surface area contributed by atoms with Crippen molar-refractivity contribution in [1.29, 1.82) is 0 Å². The fourth-order valence-corrected chi connectivity index (χ4v) is 4.17. The Bertz CT molecular complexity index is 635. The maximum atomic E-state index is 12.3. The van der Waals surface area contributed by atoms with Crippen LogP contribution < -0.4 is 10.6 Å². The van der Waals surface area contributed by atoms with E-state index in [-0.39, 0.29) is 29.9 Å². The molecule has 0 bridgehead atoms. The van der Waals surface area contributed by atoms with E-state index in [0.29, 0.717) is 19.5 Å². The van der Waals surface area contributed by atoms with Gasteiger partial charge in [-0.05, 0) is 38.8 Å². The summed E-state index contributed by atoms with van der Waals surface area (Å²) in [5.74, 6) is 0.320. The molecule has 3 rings (SSSR count). The van der Waals surface area contributed by atoms with Gasteiger partial charge < -0.3 is 15.5 Å². The van der Waals surface area contributed by atoms with Crippen LogP contribution in [-0.2, 0) is 16.1 Å². The fraction of sp³-hybridized carbons (Fsp3) is 0.650. The largest absolute Gasteiger partial charge is 0.353 e. The summed E-state index contributed by atoms with van der Waals surface area (Å²) in [6, 6.07) is 6.31. The molecule has 2 saturated heterocycles. The van der Waals surface area contributed by atoms with Crippen molar-refractivity contribution in [3.63, 3.8) is 0 Å². The molecule has 7 heteroatoms. The number of piperazine rings is 1. The minimum atomic E-state index is -0.0893. The smallest absolute Gasteiger partial charge is 0.237 e. The monoisotopic (exact) mass is 373 g/mol. The van der Waals surface area contributed by atoms with Crippen LogP contribution in [-0.4, -0.2) is 70.9 Å². The maximum absolute atomic E-state index is 12.3. The number of nitrogens with zero attached hydrogens (tertiary/aromatic N) is 3.